The fourth-order valence-corrected chi connectivity index (χ4v) is 2.55. The molecule has 0 aliphatic heterocycles. The van der Waals surface area contributed by atoms with Gasteiger partial charge in [0.2, 0.25) is 0 Å². The zero-order valence-corrected chi connectivity index (χ0v) is 13.4. The Bertz CT molecular complexity index is 541. The van der Waals surface area contributed by atoms with Crippen molar-refractivity contribution < 1.29 is 4.74 Å². The Morgan fingerprint density at radius 2 is 2.30 bits per heavy atom. The zero-order chi connectivity index (χ0) is 14.4. The van der Waals surface area contributed by atoms with E-state index in [0.29, 0.717) is 0 Å². The van der Waals surface area contributed by atoms with Gasteiger partial charge in [-0.05, 0) is 24.6 Å². The molecule has 0 saturated heterocycles. The van der Waals surface area contributed by atoms with Crippen LogP contribution < -0.4 is 5.32 Å². The van der Waals surface area contributed by atoms with Crippen molar-refractivity contribution in [2.75, 3.05) is 20.3 Å². The maximum atomic E-state index is 5.03. The first-order valence-electron chi connectivity index (χ1n) is 6.68. The summed E-state index contributed by atoms with van der Waals surface area (Å²) >= 11 is 3.52. The topological polar surface area (TPSA) is 39.1 Å². The molecular formula is C15H20BrN3O. The van der Waals surface area contributed by atoms with Gasteiger partial charge in [-0.3, -0.25) is 0 Å². The molecule has 0 amide bonds. The van der Waals surface area contributed by atoms with E-state index in [9.17, 15) is 0 Å². The van der Waals surface area contributed by atoms with E-state index in [-0.39, 0.29) is 6.04 Å². The Balaban J connectivity index is 2.07. The number of aromatic nitrogens is 2. The molecule has 1 atom stereocenters. The highest BCUT2D eigenvalue weighted by Crippen LogP contribution is 2.22. The number of rotatable bonds is 7. The van der Waals surface area contributed by atoms with Crippen LogP contribution in [0.3, 0.4) is 0 Å². The molecule has 2 rings (SSSR count). The molecule has 0 saturated carbocycles. The van der Waals surface area contributed by atoms with Crippen LogP contribution in [0.1, 0.15) is 24.2 Å². The van der Waals surface area contributed by atoms with Crippen LogP contribution in [0.25, 0.3) is 0 Å². The lowest BCUT2D eigenvalue weighted by molar-refractivity contribution is 0.199. The van der Waals surface area contributed by atoms with Crippen LogP contribution in [0.5, 0.6) is 0 Å². The van der Waals surface area contributed by atoms with Gasteiger partial charge in [0.15, 0.2) is 0 Å². The molecule has 20 heavy (non-hydrogen) atoms. The summed E-state index contributed by atoms with van der Waals surface area (Å²) in [5.74, 6) is 0. The molecular weight excluding hydrogens is 318 g/mol. The van der Waals surface area contributed by atoms with Crippen molar-refractivity contribution in [1.82, 2.24) is 14.9 Å². The predicted octanol–water partition coefficient (Wildman–Crippen LogP) is 2.99. The van der Waals surface area contributed by atoms with Crippen molar-refractivity contribution in [3.63, 3.8) is 0 Å². The molecule has 0 spiro atoms. The number of hydrogen-bond acceptors (Lipinski definition) is 3. The minimum atomic E-state index is 0.259. The van der Waals surface area contributed by atoms with Gasteiger partial charge in [-0.25, -0.2) is 4.98 Å². The van der Waals surface area contributed by atoms with E-state index in [4.69, 9.17) is 4.74 Å². The van der Waals surface area contributed by atoms with E-state index >= 15 is 0 Å². The maximum Gasteiger partial charge on any atom is 0.0954 e. The Hall–Kier alpha value is -1.17. The molecule has 0 aliphatic carbocycles. The number of methoxy groups -OCH3 is 1. The number of nitrogens with zero attached hydrogens (tertiary/aromatic N) is 2. The molecule has 108 valence electrons. The summed E-state index contributed by atoms with van der Waals surface area (Å²) in [4.78, 5) is 4.27. The highest BCUT2D eigenvalue weighted by molar-refractivity contribution is 9.10. The summed E-state index contributed by atoms with van der Waals surface area (Å²) in [6.45, 7) is 4.53. The van der Waals surface area contributed by atoms with Crippen LogP contribution in [-0.2, 0) is 11.3 Å². The van der Waals surface area contributed by atoms with Crippen LogP contribution in [0.15, 0.2) is 41.3 Å². The molecule has 5 heteroatoms. The minimum absolute atomic E-state index is 0.259. The Labute approximate surface area is 128 Å². The Kier molecular flexibility index (Phi) is 5.76. The first-order valence-corrected chi connectivity index (χ1v) is 7.47. The molecule has 1 aromatic heterocycles. The quantitative estimate of drug-likeness (QED) is 0.789. The third kappa shape index (κ3) is 3.91. The van der Waals surface area contributed by atoms with E-state index in [1.165, 1.54) is 11.3 Å². The fourth-order valence-electron chi connectivity index (χ4n) is 2.14. The molecule has 1 N–H and O–H groups in total. The summed E-state index contributed by atoms with van der Waals surface area (Å²) in [6.07, 6.45) is 3.80. The van der Waals surface area contributed by atoms with Crippen molar-refractivity contribution in [2.45, 2.75) is 19.5 Å². The summed E-state index contributed by atoms with van der Waals surface area (Å²) in [7, 11) is 1.71. The molecule has 1 unspecified atom stereocenters. The highest BCUT2D eigenvalue weighted by Gasteiger charge is 2.11. The third-order valence-electron chi connectivity index (χ3n) is 3.28. The molecule has 1 heterocycles. The zero-order valence-electron chi connectivity index (χ0n) is 11.8. The van der Waals surface area contributed by atoms with Crippen LogP contribution in [0, 0.1) is 0 Å². The van der Waals surface area contributed by atoms with E-state index in [1.807, 2.05) is 18.6 Å². The van der Waals surface area contributed by atoms with Gasteiger partial charge in [0.1, 0.15) is 0 Å². The smallest absolute Gasteiger partial charge is 0.0954 e. The largest absolute Gasteiger partial charge is 0.383 e. The van der Waals surface area contributed by atoms with Crippen molar-refractivity contribution in [3.8, 4) is 0 Å². The lowest BCUT2D eigenvalue weighted by atomic mass is 10.1. The fraction of sp³-hybridized carbons (Fsp3) is 0.400. The van der Waals surface area contributed by atoms with E-state index in [0.717, 1.165) is 24.2 Å². The van der Waals surface area contributed by atoms with Gasteiger partial charge < -0.3 is 14.6 Å². The average molecular weight is 338 g/mol. The van der Waals surface area contributed by atoms with E-state index in [2.05, 4.69) is 55.9 Å². The van der Waals surface area contributed by atoms with Gasteiger partial charge in [0.25, 0.3) is 0 Å². The second kappa shape index (κ2) is 7.57. The summed E-state index contributed by atoms with van der Waals surface area (Å²) in [5, 5.41) is 3.35. The monoisotopic (exact) mass is 337 g/mol. The van der Waals surface area contributed by atoms with Crippen molar-refractivity contribution in [2.24, 2.45) is 0 Å². The number of halogens is 1. The minimum Gasteiger partial charge on any atom is -0.383 e. The predicted molar refractivity (Wildman–Crippen MR) is 83.8 cm³/mol. The number of nitrogens with one attached hydrogen (secondary N) is 1. The first kappa shape index (κ1) is 15.2. The van der Waals surface area contributed by atoms with Crippen LogP contribution >= 0.6 is 15.9 Å². The molecule has 0 radical (unpaired) electrons. The molecule has 0 bridgehead atoms. The summed E-state index contributed by atoms with van der Waals surface area (Å²) in [5.41, 5.74) is 2.43. The van der Waals surface area contributed by atoms with Crippen molar-refractivity contribution in [1.29, 1.82) is 0 Å². The van der Waals surface area contributed by atoms with Gasteiger partial charge in [-0.1, -0.05) is 28.1 Å². The molecule has 2 aromatic rings. The average Bonchev–Trinajstić information content (AvgIpc) is 2.91. The van der Waals surface area contributed by atoms with Gasteiger partial charge in [-0.2, -0.15) is 0 Å². The van der Waals surface area contributed by atoms with Gasteiger partial charge in [0.05, 0.1) is 24.7 Å². The number of benzene rings is 1. The highest BCUT2D eigenvalue weighted by atomic mass is 79.9. The van der Waals surface area contributed by atoms with Gasteiger partial charge in [-0.15, -0.1) is 0 Å². The van der Waals surface area contributed by atoms with Crippen molar-refractivity contribution >= 4 is 15.9 Å². The normalized spacial score (nSPS) is 12.6. The molecule has 0 fully saturated rings. The lowest BCUT2D eigenvalue weighted by Crippen LogP contribution is -2.21. The lowest BCUT2D eigenvalue weighted by Gasteiger charge is -2.17. The SMILES string of the molecule is COCCNCc1cncn1C(C)c1cccc(Br)c1. The first-order chi connectivity index (χ1) is 9.72. The van der Waals surface area contributed by atoms with Crippen LogP contribution in [0.2, 0.25) is 0 Å². The Morgan fingerprint density at radius 1 is 1.45 bits per heavy atom. The summed E-state index contributed by atoms with van der Waals surface area (Å²) in [6, 6.07) is 8.64. The van der Waals surface area contributed by atoms with Crippen LogP contribution in [0.4, 0.5) is 0 Å². The van der Waals surface area contributed by atoms with Gasteiger partial charge in [0, 0.05) is 30.9 Å². The van der Waals surface area contributed by atoms with Crippen LogP contribution in [-0.4, -0.2) is 29.8 Å². The number of ether oxygens (including phenoxy) is 1. The van der Waals surface area contributed by atoms with E-state index in [1.54, 1.807) is 7.11 Å². The maximum absolute atomic E-state index is 5.03. The number of hydrogen-bond donors (Lipinski definition) is 1. The second-order valence-electron chi connectivity index (χ2n) is 4.69. The molecule has 4 nitrogen and oxygen atoms in total. The summed E-state index contributed by atoms with van der Waals surface area (Å²) < 4.78 is 8.33. The van der Waals surface area contributed by atoms with E-state index < -0.39 is 0 Å². The van der Waals surface area contributed by atoms with Crippen molar-refractivity contribution in [3.05, 3.63) is 52.5 Å². The van der Waals surface area contributed by atoms with Gasteiger partial charge >= 0.3 is 0 Å². The number of imidazole rings is 1. The Morgan fingerprint density at radius 3 is 3.05 bits per heavy atom. The molecule has 1 aromatic carbocycles. The molecule has 0 aliphatic rings. The second-order valence-corrected chi connectivity index (χ2v) is 5.61. The standard InChI is InChI=1S/C15H20BrN3O/c1-12(13-4-3-5-14(16)8-13)19-11-18-10-15(19)9-17-6-7-20-2/h3-5,8,10-12,17H,6-7,9H2,1-2H3. The third-order valence-corrected chi connectivity index (χ3v) is 3.78.